The molecular weight excluding hydrogens is 1490 g/mol. The minimum atomic E-state index is -5.54. The van der Waals surface area contributed by atoms with E-state index >= 15 is 0 Å². The minimum Gasteiger partial charge on any atom is -0.390 e. The zero-order chi connectivity index (χ0) is 73.2. The highest BCUT2D eigenvalue weighted by Gasteiger charge is 2.50. The lowest BCUT2D eigenvalue weighted by Crippen LogP contribution is -2.32. The Kier molecular flexibility index (Phi) is 20.9. The molecule has 55 heteroatoms. The van der Waals surface area contributed by atoms with Gasteiger partial charge in [0.2, 0.25) is 11.9 Å². The molecule has 0 spiro atoms. The van der Waals surface area contributed by atoms with Gasteiger partial charge in [-0.1, -0.05) is 0 Å². The molecule has 0 bridgehead atoms. The smallest absolute Gasteiger partial charge is 0.390 e. The molecule has 0 amide bonds. The standard InChI is InChI=1S/C48H60N21O29P5/c49-29-1-3-65(47(73)59-29)32-6-20(25(91-32)10-85-99(75)76)95-101(79,80)87-12-26-21(7-33(92-26)66-4-2-30(50)60-48(66)74)96-102(81,82)89-14-28-23(9-35(94-28)69-18-58-38-42(69)62-46(53)64-44(38)72)98-103(83,84)88-13-27-22(8-34(93-27)67-16-56-36-39(51)54-15-55-40(36)67)97-100(77,78)86-11-24-19(70)5-31(90-24)68-17-57-37-41(68)61-45(52)63-43(37)71/h1-4,15-28,31-35,70H,5-14H2,(H16-,49,50,51,52,53,54,55,59,60,61,62,63,64,71,72,73,74,75,76,77,78,79,80,81,82,83,84)/p+1/t19-,20-,21-,22-,23-,24+,25+,26+,27+,28+,31+,32+,33+,34+,35+/m0/s1. The highest BCUT2D eigenvalue weighted by atomic mass is 31.2. The molecule has 50 nitrogen and oxygen atoms in total. The Hall–Kier alpha value is -7.77. The predicted molar refractivity (Wildman–Crippen MR) is 338 cm³/mol. The van der Waals surface area contributed by atoms with Crippen molar-refractivity contribution in [3.63, 3.8) is 0 Å². The molecule has 20 atom stereocenters. The van der Waals surface area contributed by atoms with Gasteiger partial charge in [-0.05, 0) is 12.1 Å². The number of aliphatic hydroxyl groups excluding tert-OH is 1. The van der Waals surface area contributed by atoms with Gasteiger partial charge in [-0.3, -0.25) is 78.6 Å². The minimum absolute atomic E-state index is 0.0174. The van der Waals surface area contributed by atoms with Crippen LogP contribution in [0, 0.1) is 0 Å². The van der Waals surface area contributed by atoms with E-state index in [0.29, 0.717) is 0 Å². The van der Waals surface area contributed by atoms with Crippen LogP contribution in [0.25, 0.3) is 33.5 Å². The highest BCUT2D eigenvalue weighted by molar-refractivity contribution is 7.48. The number of nitrogens with two attached hydrogens (primary N) is 5. The summed E-state index contributed by atoms with van der Waals surface area (Å²) in [5.74, 6) is -0.980. The van der Waals surface area contributed by atoms with E-state index in [2.05, 4.69) is 54.8 Å². The Bertz CT molecular complexity index is 4990. The number of H-pyrrole nitrogens is 2. The number of ether oxygens (including phenoxy) is 5. The van der Waals surface area contributed by atoms with Crippen molar-refractivity contribution in [2.24, 2.45) is 0 Å². The lowest BCUT2D eigenvalue weighted by molar-refractivity contribution is -0.0635. The Balaban J connectivity index is 0.704. The van der Waals surface area contributed by atoms with Gasteiger partial charge in [0.15, 0.2) is 33.8 Å². The molecule has 13 heterocycles. The number of imidazole rings is 3. The molecule has 5 aliphatic heterocycles. The molecule has 5 fully saturated rings. The van der Waals surface area contributed by atoms with Crippen LogP contribution in [0.2, 0.25) is 0 Å². The summed E-state index contributed by atoms with van der Waals surface area (Å²) in [6.45, 7) is -4.58. The number of aromatic nitrogens is 16. The molecule has 556 valence electrons. The molecule has 0 aromatic carbocycles. The number of anilines is 5. The Morgan fingerprint density at radius 3 is 1.22 bits per heavy atom. The average molecular weight is 1550 g/mol. The third-order valence-electron chi connectivity index (χ3n) is 16.5. The molecule has 8 aromatic heterocycles. The van der Waals surface area contributed by atoms with Gasteiger partial charge in [0.05, 0.1) is 51.5 Å². The van der Waals surface area contributed by atoms with Crippen LogP contribution in [0.5, 0.6) is 0 Å². The number of hydrogen-bond acceptors (Lipinski definition) is 38. The van der Waals surface area contributed by atoms with Crippen molar-refractivity contribution in [1.82, 2.24) is 77.7 Å². The zero-order valence-electron chi connectivity index (χ0n) is 52.3. The maximum Gasteiger partial charge on any atom is 0.694 e. The normalized spacial score (nSPS) is 29.2. The number of phosphoric ester groups is 4. The van der Waals surface area contributed by atoms with Crippen LogP contribution in [-0.2, 0) is 87.2 Å². The number of nitrogens with zero attached hydrogens (tertiary/aromatic N) is 14. The van der Waals surface area contributed by atoms with Crippen molar-refractivity contribution in [1.29, 1.82) is 0 Å². The maximum atomic E-state index is 14.3. The van der Waals surface area contributed by atoms with Crippen molar-refractivity contribution in [2.75, 3.05) is 61.7 Å². The van der Waals surface area contributed by atoms with E-state index in [-0.39, 0.29) is 82.1 Å². The number of fused-ring (bicyclic) bond motifs is 3. The Morgan fingerprint density at radius 2 is 0.825 bits per heavy atom. The lowest BCUT2D eigenvalue weighted by Gasteiger charge is -2.25. The maximum absolute atomic E-state index is 14.3. The van der Waals surface area contributed by atoms with Gasteiger partial charge in [-0.15, -0.1) is 9.42 Å². The predicted octanol–water partition coefficient (Wildman–Crippen LogP) is -2.01. The summed E-state index contributed by atoms with van der Waals surface area (Å²) in [5, 5.41) is 11.0. The van der Waals surface area contributed by atoms with Gasteiger partial charge in [0.25, 0.3) is 11.1 Å². The van der Waals surface area contributed by atoms with Crippen LogP contribution < -0.4 is 51.2 Å². The first-order valence-corrected chi connectivity index (χ1v) is 37.4. The third kappa shape index (κ3) is 16.5. The lowest BCUT2D eigenvalue weighted by atomic mass is 10.2. The van der Waals surface area contributed by atoms with E-state index in [0.717, 1.165) is 28.0 Å². The van der Waals surface area contributed by atoms with Crippen LogP contribution in [0.4, 0.5) is 29.4 Å². The Morgan fingerprint density at radius 1 is 0.476 bits per heavy atom. The van der Waals surface area contributed by atoms with Crippen LogP contribution >= 0.6 is 39.5 Å². The average Bonchev–Trinajstić information content (AvgIpc) is 1.64. The number of aliphatic hydroxyl groups is 1. The molecule has 0 saturated carbocycles. The summed E-state index contributed by atoms with van der Waals surface area (Å²) >= 11 is 0. The van der Waals surface area contributed by atoms with Crippen molar-refractivity contribution >= 4 is 102 Å². The van der Waals surface area contributed by atoms with E-state index in [1.54, 1.807) is 0 Å². The second-order valence-electron chi connectivity index (χ2n) is 23.3. The van der Waals surface area contributed by atoms with Crippen molar-refractivity contribution in [3.8, 4) is 0 Å². The van der Waals surface area contributed by atoms with E-state index in [1.165, 1.54) is 44.7 Å². The fourth-order valence-electron chi connectivity index (χ4n) is 11.9. The first-order valence-electron chi connectivity index (χ1n) is 30.2. The first-order chi connectivity index (χ1) is 48.8. The molecular formula is C48H61N21O29P5+. The summed E-state index contributed by atoms with van der Waals surface area (Å²) in [7, 11) is -24.9. The Labute approximate surface area is 572 Å². The molecule has 0 radical (unpaired) electrons. The van der Waals surface area contributed by atoms with Gasteiger partial charge < -0.3 is 77.0 Å². The molecule has 0 aliphatic carbocycles. The van der Waals surface area contributed by atoms with E-state index in [1.807, 2.05) is 0 Å². The van der Waals surface area contributed by atoms with Crippen LogP contribution in [0.1, 0.15) is 63.2 Å². The van der Waals surface area contributed by atoms with Crippen molar-refractivity contribution in [3.05, 3.63) is 91.5 Å². The van der Waals surface area contributed by atoms with Gasteiger partial charge in [0.1, 0.15) is 116 Å². The monoisotopic (exact) mass is 1550 g/mol. The third-order valence-corrected chi connectivity index (χ3v) is 20.9. The summed E-state index contributed by atoms with van der Waals surface area (Å²) < 4.78 is 152. The fraction of sp³-hybridized carbons (Fsp3) is 0.521. The second-order valence-corrected chi connectivity index (χ2v) is 29.6. The topological polar surface area (TPSA) is 707 Å². The first kappa shape index (κ1) is 73.5. The molecule has 5 unspecified atom stereocenters. The van der Waals surface area contributed by atoms with E-state index in [9.17, 15) is 71.6 Å². The molecule has 5 saturated heterocycles. The highest BCUT2D eigenvalue weighted by Crippen LogP contribution is 2.55. The quantitative estimate of drug-likeness (QED) is 0.0236. The van der Waals surface area contributed by atoms with Crippen molar-refractivity contribution < 1.29 is 117 Å². The van der Waals surface area contributed by atoms with Crippen LogP contribution in [0.3, 0.4) is 0 Å². The van der Waals surface area contributed by atoms with Crippen LogP contribution in [0.15, 0.2) is 69.0 Å². The molecule has 18 N–H and O–H groups in total. The largest absolute Gasteiger partial charge is 0.694 e. The number of hydrogen-bond donors (Lipinski definition) is 13. The number of nitrogens with one attached hydrogen (secondary N) is 2. The molecule has 103 heavy (non-hydrogen) atoms. The number of nitrogen functional groups attached to an aromatic ring is 5. The second kappa shape index (κ2) is 29.3. The number of phosphoric acid groups is 4. The summed E-state index contributed by atoms with van der Waals surface area (Å²) in [6.07, 6.45) is -16.6. The van der Waals surface area contributed by atoms with Gasteiger partial charge in [-0.2, -0.15) is 19.9 Å². The van der Waals surface area contributed by atoms with Crippen LogP contribution in [-0.4, -0.2) is 201 Å². The van der Waals surface area contributed by atoms with Crippen molar-refractivity contribution in [2.45, 2.75) is 124 Å². The zero-order valence-corrected chi connectivity index (χ0v) is 56.8. The molecule has 8 aromatic rings. The molecule has 5 aliphatic rings. The fourth-order valence-corrected chi connectivity index (χ4v) is 16.0. The summed E-state index contributed by atoms with van der Waals surface area (Å²) in [6, 6.07) is 2.46. The summed E-state index contributed by atoms with van der Waals surface area (Å²) in [5.41, 5.74) is 25.4. The van der Waals surface area contributed by atoms with Gasteiger partial charge in [-0.25, -0.2) is 52.8 Å². The SMILES string of the molecule is Nc1ccn([C@H]2C[C@H](OP(=O)(O)OC[C@H]3O[C@@H](n4ccc(N)nc4=O)C[C@@H]3OP(=O)(O)OC[C@H]3O[C@@H](n4cnc5c(=O)[nH]c(N)nc54)C[C@@H]3OP(=O)(O)OC[C@H]3O[C@@H](n4cnc5c(N)ncnc54)C[C@@H]3OP(=O)(O)OC[C@H]3O[C@@H](n4cnc5c(=O)[nH]c(N)nc54)C[C@@H]3O)[C@@H](CO[P+](=O)O)O2)c(=O)n1. The van der Waals surface area contributed by atoms with E-state index < -0.39 is 200 Å². The van der Waals surface area contributed by atoms with Gasteiger partial charge >= 0.3 is 50.9 Å². The van der Waals surface area contributed by atoms with E-state index in [4.69, 9.17) is 93.1 Å². The number of rotatable bonds is 28. The number of aromatic amines is 2. The summed E-state index contributed by atoms with van der Waals surface area (Å²) in [4.78, 5) is 146. The molecule has 13 rings (SSSR count). The van der Waals surface area contributed by atoms with Gasteiger partial charge in [0, 0.05) is 49.1 Å².